The van der Waals surface area contributed by atoms with Crippen LogP contribution in [0, 0.1) is 12.8 Å². The summed E-state index contributed by atoms with van der Waals surface area (Å²) in [6.07, 6.45) is 2.61. The molecule has 1 aliphatic heterocycles. The Labute approximate surface area is 90.5 Å². The van der Waals surface area contributed by atoms with Crippen molar-refractivity contribution >= 4 is 11.3 Å². The van der Waals surface area contributed by atoms with Gasteiger partial charge in [-0.15, -0.1) is 11.3 Å². The average Bonchev–Trinajstić information content (AvgIpc) is 2.71. The zero-order valence-corrected chi connectivity index (χ0v) is 10.1. The molecule has 0 aromatic carbocycles. The summed E-state index contributed by atoms with van der Waals surface area (Å²) in [5.74, 6) is 0.683. The standard InChI is InChI=1S/C12H19NS/c1-9(2)12(7-4-8-13-12)11-6-5-10(3)14-11/h5-6,9,13H,4,7-8H2,1-3H3. The van der Waals surface area contributed by atoms with Gasteiger partial charge in [-0.2, -0.15) is 0 Å². The first-order valence-corrected chi connectivity index (χ1v) is 6.29. The maximum Gasteiger partial charge on any atom is 0.0552 e. The third-order valence-corrected chi connectivity index (χ3v) is 4.53. The lowest BCUT2D eigenvalue weighted by atomic mass is 9.83. The normalized spacial score (nSPS) is 27.4. The highest BCUT2D eigenvalue weighted by Crippen LogP contribution is 2.40. The van der Waals surface area contributed by atoms with Gasteiger partial charge in [0.15, 0.2) is 0 Å². The van der Waals surface area contributed by atoms with Crippen LogP contribution < -0.4 is 5.32 Å². The van der Waals surface area contributed by atoms with E-state index in [0.717, 1.165) is 0 Å². The molecule has 2 rings (SSSR count). The van der Waals surface area contributed by atoms with Gasteiger partial charge < -0.3 is 5.32 Å². The van der Waals surface area contributed by atoms with Gasteiger partial charge in [0.2, 0.25) is 0 Å². The van der Waals surface area contributed by atoms with Gasteiger partial charge in [0.05, 0.1) is 5.54 Å². The van der Waals surface area contributed by atoms with E-state index in [1.807, 2.05) is 11.3 Å². The molecular formula is C12H19NS. The smallest absolute Gasteiger partial charge is 0.0552 e. The van der Waals surface area contributed by atoms with E-state index in [2.05, 4.69) is 38.2 Å². The molecule has 0 amide bonds. The predicted octanol–water partition coefficient (Wildman–Crippen LogP) is 3.29. The van der Waals surface area contributed by atoms with Crippen LogP contribution in [-0.4, -0.2) is 6.54 Å². The Balaban J connectivity index is 2.36. The van der Waals surface area contributed by atoms with Crippen LogP contribution in [0.4, 0.5) is 0 Å². The van der Waals surface area contributed by atoms with Crippen LogP contribution >= 0.6 is 11.3 Å². The fourth-order valence-electron chi connectivity index (χ4n) is 2.43. The minimum absolute atomic E-state index is 0.277. The first-order valence-electron chi connectivity index (χ1n) is 5.47. The van der Waals surface area contributed by atoms with E-state index >= 15 is 0 Å². The van der Waals surface area contributed by atoms with Gasteiger partial charge in [-0.05, 0) is 44.4 Å². The largest absolute Gasteiger partial charge is 0.307 e. The lowest BCUT2D eigenvalue weighted by molar-refractivity contribution is 0.283. The summed E-state index contributed by atoms with van der Waals surface area (Å²) in [7, 11) is 0. The molecule has 1 aromatic heterocycles. The summed E-state index contributed by atoms with van der Waals surface area (Å²) in [5, 5.41) is 3.71. The van der Waals surface area contributed by atoms with E-state index in [-0.39, 0.29) is 5.54 Å². The number of hydrogen-bond acceptors (Lipinski definition) is 2. The van der Waals surface area contributed by atoms with Crippen LogP contribution in [0.1, 0.15) is 36.4 Å². The van der Waals surface area contributed by atoms with Crippen molar-refractivity contribution in [2.75, 3.05) is 6.54 Å². The predicted molar refractivity (Wildman–Crippen MR) is 62.8 cm³/mol. The van der Waals surface area contributed by atoms with E-state index in [4.69, 9.17) is 0 Å². The van der Waals surface area contributed by atoms with Crippen LogP contribution in [0.25, 0.3) is 0 Å². The van der Waals surface area contributed by atoms with Gasteiger partial charge in [-0.1, -0.05) is 13.8 Å². The second-order valence-corrected chi connectivity index (χ2v) is 5.85. The molecule has 1 N–H and O–H groups in total. The number of hydrogen-bond donors (Lipinski definition) is 1. The lowest BCUT2D eigenvalue weighted by Gasteiger charge is -2.33. The summed E-state index contributed by atoms with van der Waals surface area (Å²) in [6.45, 7) is 8.02. The molecule has 1 aromatic rings. The average molecular weight is 209 g/mol. The molecule has 0 saturated carbocycles. The maximum absolute atomic E-state index is 3.71. The van der Waals surface area contributed by atoms with Crippen molar-refractivity contribution < 1.29 is 0 Å². The molecule has 1 nitrogen and oxygen atoms in total. The monoisotopic (exact) mass is 209 g/mol. The van der Waals surface area contributed by atoms with Gasteiger partial charge in [0, 0.05) is 9.75 Å². The molecule has 0 radical (unpaired) electrons. The molecule has 1 aliphatic rings. The Morgan fingerprint density at radius 2 is 2.21 bits per heavy atom. The van der Waals surface area contributed by atoms with Crippen molar-refractivity contribution in [3.8, 4) is 0 Å². The summed E-state index contributed by atoms with van der Waals surface area (Å²) in [4.78, 5) is 2.95. The fraction of sp³-hybridized carbons (Fsp3) is 0.667. The molecule has 2 heterocycles. The van der Waals surface area contributed by atoms with Crippen molar-refractivity contribution in [1.29, 1.82) is 0 Å². The fourth-order valence-corrected chi connectivity index (χ4v) is 3.64. The van der Waals surface area contributed by atoms with Crippen LogP contribution in [0.2, 0.25) is 0 Å². The van der Waals surface area contributed by atoms with Crippen molar-refractivity contribution in [1.82, 2.24) is 5.32 Å². The van der Waals surface area contributed by atoms with E-state index < -0.39 is 0 Å². The molecule has 1 saturated heterocycles. The van der Waals surface area contributed by atoms with Gasteiger partial charge in [-0.3, -0.25) is 0 Å². The van der Waals surface area contributed by atoms with Crippen molar-refractivity contribution in [2.45, 2.75) is 39.2 Å². The summed E-state index contributed by atoms with van der Waals surface area (Å²) >= 11 is 1.95. The first kappa shape index (κ1) is 10.2. The highest BCUT2D eigenvalue weighted by molar-refractivity contribution is 7.12. The second kappa shape index (κ2) is 3.67. The van der Waals surface area contributed by atoms with E-state index in [1.54, 1.807) is 0 Å². The van der Waals surface area contributed by atoms with Gasteiger partial charge in [0.25, 0.3) is 0 Å². The van der Waals surface area contributed by atoms with E-state index in [9.17, 15) is 0 Å². The second-order valence-electron chi connectivity index (χ2n) is 4.57. The van der Waals surface area contributed by atoms with Gasteiger partial charge in [-0.25, -0.2) is 0 Å². The summed E-state index contributed by atoms with van der Waals surface area (Å²) in [6, 6.07) is 4.54. The number of aryl methyl sites for hydroxylation is 1. The SMILES string of the molecule is Cc1ccc(C2(C(C)C)CCCN2)s1. The van der Waals surface area contributed by atoms with Crippen molar-refractivity contribution in [3.05, 3.63) is 21.9 Å². The minimum atomic E-state index is 0.277. The molecule has 1 atom stereocenters. The Bertz CT molecular complexity index is 308. The molecule has 2 heteroatoms. The number of thiophene rings is 1. The number of rotatable bonds is 2. The zero-order chi connectivity index (χ0) is 10.2. The highest BCUT2D eigenvalue weighted by atomic mass is 32.1. The quantitative estimate of drug-likeness (QED) is 0.788. The third-order valence-electron chi connectivity index (χ3n) is 3.35. The Morgan fingerprint density at radius 1 is 1.43 bits per heavy atom. The van der Waals surface area contributed by atoms with Crippen LogP contribution in [0.5, 0.6) is 0 Å². The number of nitrogens with one attached hydrogen (secondary N) is 1. The summed E-state index contributed by atoms with van der Waals surface area (Å²) < 4.78 is 0. The maximum atomic E-state index is 3.71. The topological polar surface area (TPSA) is 12.0 Å². The van der Waals surface area contributed by atoms with Gasteiger partial charge in [0.1, 0.15) is 0 Å². The van der Waals surface area contributed by atoms with Crippen LogP contribution in [0.3, 0.4) is 0 Å². The highest BCUT2D eigenvalue weighted by Gasteiger charge is 2.39. The van der Waals surface area contributed by atoms with Crippen LogP contribution in [0.15, 0.2) is 12.1 Å². The minimum Gasteiger partial charge on any atom is -0.307 e. The third kappa shape index (κ3) is 1.51. The van der Waals surface area contributed by atoms with E-state index in [0.29, 0.717) is 5.92 Å². The first-order chi connectivity index (χ1) is 6.65. The zero-order valence-electron chi connectivity index (χ0n) is 9.26. The molecule has 1 unspecified atom stereocenters. The van der Waals surface area contributed by atoms with Crippen molar-refractivity contribution in [3.63, 3.8) is 0 Å². The van der Waals surface area contributed by atoms with Gasteiger partial charge >= 0.3 is 0 Å². The molecule has 1 fully saturated rings. The molecule has 0 aliphatic carbocycles. The summed E-state index contributed by atoms with van der Waals surface area (Å²) in [5.41, 5.74) is 0.277. The van der Waals surface area contributed by atoms with Crippen LogP contribution in [-0.2, 0) is 5.54 Å². The molecular weight excluding hydrogens is 190 g/mol. The Hall–Kier alpha value is -0.340. The molecule has 0 spiro atoms. The Morgan fingerprint density at radius 3 is 2.64 bits per heavy atom. The van der Waals surface area contributed by atoms with E-state index in [1.165, 1.54) is 29.1 Å². The molecule has 78 valence electrons. The Kier molecular flexibility index (Phi) is 2.67. The van der Waals surface area contributed by atoms with Crippen molar-refractivity contribution in [2.24, 2.45) is 5.92 Å². The molecule has 0 bridgehead atoms. The molecule has 14 heavy (non-hydrogen) atoms. The lowest BCUT2D eigenvalue weighted by Crippen LogP contribution is -2.40.